The Morgan fingerprint density at radius 3 is 2.80 bits per heavy atom. The molecule has 0 aromatic rings. The van der Waals surface area contributed by atoms with Crippen LogP contribution in [0.25, 0.3) is 0 Å². The largest absolute Gasteiger partial charge is 0.481 e. The molecule has 4 heteroatoms. The summed E-state index contributed by atoms with van der Waals surface area (Å²) in [6.45, 7) is 0. The third kappa shape index (κ3) is 1.64. The van der Waals surface area contributed by atoms with E-state index in [1.807, 2.05) is 0 Å². The maximum atomic E-state index is 10.5. The highest BCUT2D eigenvalue weighted by Crippen LogP contribution is 2.21. The highest BCUT2D eigenvalue weighted by atomic mass is 32.2. The van der Waals surface area contributed by atoms with Gasteiger partial charge in [0.25, 0.3) is 0 Å². The summed E-state index contributed by atoms with van der Waals surface area (Å²) < 4.78 is 0. The maximum absolute atomic E-state index is 10.5. The molecule has 3 nitrogen and oxygen atoms in total. The zero-order chi connectivity index (χ0) is 7.56. The Morgan fingerprint density at radius 2 is 2.40 bits per heavy atom. The molecule has 2 unspecified atom stereocenters. The van der Waals surface area contributed by atoms with Crippen molar-refractivity contribution in [3.8, 4) is 0 Å². The minimum Gasteiger partial charge on any atom is -0.481 e. The van der Waals surface area contributed by atoms with E-state index in [1.54, 1.807) is 11.8 Å². The van der Waals surface area contributed by atoms with Crippen LogP contribution in [0.1, 0.15) is 6.42 Å². The van der Waals surface area contributed by atoms with Crippen LogP contribution in [0.2, 0.25) is 0 Å². The van der Waals surface area contributed by atoms with E-state index < -0.39 is 5.97 Å². The predicted molar refractivity (Wildman–Crippen MR) is 41.0 cm³/mol. The Kier molecular flexibility index (Phi) is 2.56. The number of carbonyl (C=O) groups is 1. The van der Waals surface area contributed by atoms with Crippen molar-refractivity contribution in [3.63, 3.8) is 0 Å². The fraction of sp³-hybridized carbons (Fsp3) is 0.833. The molecule has 1 aliphatic rings. The van der Waals surface area contributed by atoms with Crippen molar-refractivity contribution in [2.45, 2.75) is 12.5 Å². The van der Waals surface area contributed by atoms with Crippen LogP contribution >= 0.6 is 11.8 Å². The van der Waals surface area contributed by atoms with Crippen molar-refractivity contribution in [3.05, 3.63) is 0 Å². The van der Waals surface area contributed by atoms with Gasteiger partial charge in [0.1, 0.15) is 0 Å². The van der Waals surface area contributed by atoms with Gasteiger partial charge in [-0.1, -0.05) is 0 Å². The van der Waals surface area contributed by atoms with Crippen molar-refractivity contribution in [1.29, 1.82) is 0 Å². The monoisotopic (exact) mass is 161 g/mol. The average Bonchev–Trinajstić information content (AvgIpc) is 1.88. The van der Waals surface area contributed by atoms with Crippen molar-refractivity contribution in [2.75, 3.05) is 11.5 Å². The normalized spacial score (nSPS) is 33.7. The van der Waals surface area contributed by atoms with E-state index in [1.165, 1.54) is 0 Å². The smallest absolute Gasteiger partial charge is 0.308 e. The quantitative estimate of drug-likeness (QED) is 0.574. The molecule has 58 valence electrons. The number of carboxylic acids is 1. The van der Waals surface area contributed by atoms with Crippen molar-refractivity contribution >= 4 is 17.7 Å². The van der Waals surface area contributed by atoms with Crippen LogP contribution in [0.3, 0.4) is 0 Å². The molecule has 0 bridgehead atoms. The van der Waals surface area contributed by atoms with Crippen LogP contribution in [0.5, 0.6) is 0 Å². The van der Waals surface area contributed by atoms with Gasteiger partial charge in [0.15, 0.2) is 0 Å². The molecule has 0 aromatic heterocycles. The first kappa shape index (κ1) is 7.88. The number of aliphatic carboxylic acids is 1. The van der Waals surface area contributed by atoms with Gasteiger partial charge in [-0.25, -0.2) is 0 Å². The molecule has 10 heavy (non-hydrogen) atoms. The van der Waals surface area contributed by atoms with E-state index in [2.05, 4.69) is 0 Å². The third-order valence-electron chi connectivity index (χ3n) is 1.72. The van der Waals surface area contributed by atoms with Crippen LogP contribution < -0.4 is 5.73 Å². The molecule has 1 aliphatic heterocycles. The van der Waals surface area contributed by atoms with Crippen molar-refractivity contribution < 1.29 is 9.90 Å². The van der Waals surface area contributed by atoms with Crippen molar-refractivity contribution in [2.24, 2.45) is 11.7 Å². The maximum Gasteiger partial charge on any atom is 0.308 e. The van der Waals surface area contributed by atoms with Gasteiger partial charge in [0.05, 0.1) is 5.92 Å². The van der Waals surface area contributed by atoms with Gasteiger partial charge in [0.2, 0.25) is 0 Å². The second-order valence-electron chi connectivity index (χ2n) is 2.47. The van der Waals surface area contributed by atoms with Gasteiger partial charge >= 0.3 is 5.97 Å². The molecular formula is C6H11NO2S. The van der Waals surface area contributed by atoms with Gasteiger partial charge in [-0.15, -0.1) is 0 Å². The molecule has 0 spiro atoms. The zero-order valence-electron chi connectivity index (χ0n) is 5.62. The van der Waals surface area contributed by atoms with Gasteiger partial charge in [-0.2, -0.15) is 11.8 Å². The van der Waals surface area contributed by atoms with Crippen LogP contribution in [-0.4, -0.2) is 28.6 Å². The molecule has 3 N–H and O–H groups in total. The number of hydrogen-bond donors (Lipinski definition) is 2. The second-order valence-corrected chi connectivity index (χ2v) is 3.62. The lowest BCUT2D eigenvalue weighted by atomic mass is 9.99. The average molecular weight is 161 g/mol. The summed E-state index contributed by atoms with van der Waals surface area (Å²) in [5.74, 6) is 0.677. The fourth-order valence-corrected chi connectivity index (χ4v) is 2.16. The van der Waals surface area contributed by atoms with Crippen LogP contribution in [-0.2, 0) is 4.79 Å². The molecular weight excluding hydrogens is 150 g/mol. The Labute approximate surface area is 64.0 Å². The second kappa shape index (κ2) is 3.25. The Balaban J connectivity index is 2.47. The summed E-state index contributed by atoms with van der Waals surface area (Å²) in [6, 6.07) is -0.142. The third-order valence-corrected chi connectivity index (χ3v) is 2.86. The zero-order valence-corrected chi connectivity index (χ0v) is 6.43. The number of nitrogens with two attached hydrogens (primary N) is 1. The van der Waals surface area contributed by atoms with Crippen LogP contribution in [0.4, 0.5) is 0 Å². The van der Waals surface area contributed by atoms with E-state index in [4.69, 9.17) is 10.8 Å². The molecule has 2 atom stereocenters. The summed E-state index contributed by atoms with van der Waals surface area (Å²) in [5, 5.41) is 8.62. The van der Waals surface area contributed by atoms with Gasteiger partial charge in [-0.3, -0.25) is 4.79 Å². The Bertz CT molecular complexity index is 140. The Morgan fingerprint density at radius 1 is 1.70 bits per heavy atom. The fourth-order valence-electron chi connectivity index (χ4n) is 1.07. The number of rotatable bonds is 1. The van der Waals surface area contributed by atoms with Gasteiger partial charge < -0.3 is 10.8 Å². The first-order chi connectivity index (χ1) is 4.72. The van der Waals surface area contributed by atoms with Crippen molar-refractivity contribution in [1.82, 2.24) is 0 Å². The number of carboxylic acid groups (broad SMARTS) is 1. The van der Waals surface area contributed by atoms with E-state index >= 15 is 0 Å². The lowest BCUT2D eigenvalue weighted by molar-refractivity contribution is -0.142. The lowest BCUT2D eigenvalue weighted by Gasteiger charge is -2.24. The molecule has 0 aliphatic carbocycles. The van der Waals surface area contributed by atoms with E-state index in [-0.39, 0.29) is 12.0 Å². The molecule has 0 aromatic carbocycles. The number of hydrogen-bond acceptors (Lipinski definition) is 3. The minimum atomic E-state index is -0.743. The minimum absolute atomic E-state index is 0.142. The highest BCUT2D eigenvalue weighted by molar-refractivity contribution is 7.99. The SMILES string of the molecule is NC1CSCCC1C(=O)O. The first-order valence-corrected chi connectivity index (χ1v) is 4.43. The molecule has 0 saturated carbocycles. The summed E-state index contributed by atoms with van der Waals surface area (Å²) in [7, 11) is 0. The molecule has 1 fully saturated rings. The topological polar surface area (TPSA) is 63.3 Å². The molecule has 1 heterocycles. The molecule has 1 rings (SSSR count). The van der Waals surface area contributed by atoms with Crippen LogP contribution in [0.15, 0.2) is 0 Å². The van der Waals surface area contributed by atoms with Gasteiger partial charge in [-0.05, 0) is 12.2 Å². The Hall–Kier alpha value is -0.220. The molecule has 0 radical (unpaired) electrons. The lowest BCUT2D eigenvalue weighted by Crippen LogP contribution is -2.40. The summed E-state index contributed by atoms with van der Waals surface area (Å²) in [6.07, 6.45) is 0.723. The summed E-state index contributed by atoms with van der Waals surface area (Å²) >= 11 is 1.74. The van der Waals surface area contributed by atoms with E-state index in [9.17, 15) is 4.79 Å². The molecule has 0 amide bonds. The summed E-state index contributed by atoms with van der Waals surface area (Å²) in [4.78, 5) is 10.5. The predicted octanol–water partition coefficient (Wildman–Crippen LogP) is 0.151. The van der Waals surface area contributed by atoms with Crippen LogP contribution in [0, 0.1) is 5.92 Å². The first-order valence-electron chi connectivity index (χ1n) is 3.28. The van der Waals surface area contributed by atoms with E-state index in [0.717, 1.165) is 17.9 Å². The highest BCUT2D eigenvalue weighted by Gasteiger charge is 2.27. The summed E-state index contributed by atoms with van der Waals surface area (Å²) in [5.41, 5.74) is 5.58. The molecule has 1 saturated heterocycles. The standard InChI is InChI=1S/C6H11NO2S/c7-5-3-10-2-1-4(5)6(8)9/h4-5H,1-3,7H2,(H,8,9). The van der Waals surface area contributed by atoms with Gasteiger partial charge in [0, 0.05) is 11.8 Å². The number of thioether (sulfide) groups is 1. The van der Waals surface area contributed by atoms with E-state index in [0.29, 0.717) is 0 Å².